The van der Waals surface area contributed by atoms with Gasteiger partial charge in [0.2, 0.25) is 0 Å². The number of nitrogens with one attached hydrogen (secondary N) is 1. The summed E-state index contributed by atoms with van der Waals surface area (Å²) in [5.41, 5.74) is 0. The van der Waals surface area contributed by atoms with Crippen LogP contribution in [0.3, 0.4) is 0 Å². The number of alkyl carbamates (subject to hydrolysis) is 1. The molecule has 0 spiro atoms. The zero-order valence-electron chi connectivity index (χ0n) is 10.7. The molecule has 17 heavy (non-hydrogen) atoms. The second-order valence-corrected chi connectivity index (χ2v) is 4.71. The molecular weight excluding hydrogens is 220 g/mol. The van der Waals surface area contributed by atoms with Gasteiger partial charge in [-0.1, -0.05) is 13.3 Å². The minimum Gasteiger partial charge on any atom is -0.447 e. The van der Waals surface area contributed by atoms with Crippen molar-refractivity contribution in [2.24, 2.45) is 5.92 Å². The molecule has 1 aliphatic heterocycles. The van der Waals surface area contributed by atoms with Crippen molar-refractivity contribution >= 4 is 6.09 Å². The maximum Gasteiger partial charge on any atom is 0.407 e. The molecule has 1 aliphatic rings. The third-order valence-electron chi connectivity index (χ3n) is 2.94. The number of piperidine rings is 1. The molecule has 1 saturated heterocycles. The van der Waals surface area contributed by atoms with E-state index < -0.39 is 6.09 Å². The first-order chi connectivity index (χ1) is 8.22. The number of aliphatic hydroxyl groups is 1. The van der Waals surface area contributed by atoms with Gasteiger partial charge in [0.25, 0.3) is 0 Å². The summed E-state index contributed by atoms with van der Waals surface area (Å²) < 4.78 is 4.72. The van der Waals surface area contributed by atoms with Crippen LogP contribution in [0.4, 0.5) is 4.79 Å². The zero-order chi connectivity index (χ0) is 12.5. The third kappa shape index (κ3) is 6.48. The van der Waals surface area contributed by atoms with Gasteiger partial charge in [-0.15, -0.1) is 0 Å². The van der Waals surface area contributed by atoms with Crippen LogP contribution in [0.25, 0.3) is 0 Å². The van der Waals surface area contributed by atoms with Crippen molar-refractivity contribution in [2.45, 2.75) is 26.2 Å². The number of amides is 1. The van der Waals surface area contributed by atoms with E-state index in [0.29, 0.717) is 12.5 Å². The van der Waals surface area contributed by atoms with Crippen LogP contribution in [0, 0.1) is 5.92 Å². The molecule has 1 fully saturated rings. The van der Waals surface area contributed by atoms with Crippen molar-refractivity contribution in [1.29, 1.82) is 0 Å². The number of likely N-dealkylation sites (tertiary alicyclic amines) is 1. The van der Waals surface area contributed by atoms with Crippen molar-refractivity contribution in [3.05, 3.63) is 0 Å². The fourth-order valence-corrected chi connectivity index (χ4v) is 2.09. The first-order valence-corrected chi connectivity index (χ1v) is 6.46. The molecule has 2 N–H and O–H groups in total. The molecule has 100 valence electrons. The Bertz CT molecular complexity index is 218. The summed E-state index contributed by atoms with van der Waals surface area (Å²) in [7, 11) is 0. The minimum atomic E-state index is -0.440. The maximum atomic E-state index is 11.1. The van der Waals surface area contributed by atoms with Crippen LogP contribution in [0.15, 0.2) is 0 Å². The molecule has 0 aromatic rings. The number of carbonyl (C=O) groups is 1. The van der Waals surface area contributed by atoms with Crippen molar-refractivity contribution in [3.8, 4) is 0 Å². The van der Waals surface area contributed by atoms with Crippen LogP contribution in [0.2, 0.25) is 0 Å². The van der Waals surface area contributed by atoms with Gasteiger partial charge < -0.3 is 20.1 Å². The highest BCUT2D eigenvalue weighted by Gasteiger charge is 2.14. The number of hydrogen-bond donors (Lipinski definition) is 2. The highest BCUT2D eigenvalue weighted by molar-refractivity contribution is 5.67. The predicted molar refractivity (Wildman–Crippen MR) is 65.9 cm³/mol. The maximum absolute atomic E-state index is 11.1. The first-order valence-electron chi connectivity index (χ1n) is 6.46. The van der Waals surface area contributed by atoms with E-state index >= 15 is 0 Å². The van der Waals surface area contributed by atoms with Crippen molar-refractivity contribution < 1.29 is 14.6 Å². The van der Waals surface area contributed by atoms with Gasteiger partial charge >= 0.3 is 6.09 Å². The van der Waals surface area contributed by atoms with Gasteiger partial charge in [0.1, 0.15) is 6.61 Å². The summed E-state index contributed by atoms with van der Waals surface area (Å²) in [5.74, 6) is 0.426. The Morgan fingerprint density at radius 2 is 2.12 bits per heavy atom. The molecule has 0 bridgehead atoms. The van der Waals surface area contributed by atoms with Crippen LogP contribution in [-0.4, -0.2) is 55.5 Å². The molecule has 5 nitrogen and oxygen atoms in total. The summed E-state index contributed by atoms with van der Waals surface area (Å²) in [6.45, 7) is 6.07. The van der Waals surface area contributed by atoms with Gasteiger partial charge in [0.05, 0.1) is 6.61 Å². The number of rotatable bonds is 6. The molecule has 1 atom stereocenters. The quantitative estimate of drug-likeness (QED) is 0.726. The van der Waals surface area contributed by atoms with E-state index in [4.69, 9.17) is 9.84 Å². The highest BCUT2D eigenvalue weighted by atomic mass is 16.6. The second kappa shape index (κ2) is 8.31. The summed E-state index contributed by atoms with van der Waals surface area (Å²) in [4.78, 5) is 13.6. The number of aliphatic hydroxyl groups excluding tert-OH is 1. The lowest BCUT2D eigenvalue weighted by atomic mass is 10.1. The lowest BCUT2D eigenvalue weighted by Gasteiger charge is -2.29. The summed E-state index contributed by atoms with van der Waals surface area (Å²) >= 11 is 0. The van der Waals surface area contributed by atoms with Gasteiger partial charge in [0, 0.05) is 13.1 Å². The van der Waals surface area contributed by atoms with E-state index in [1.807, 2.05) is 0 Å². The van der Waals surface area contributed by atoms with E-state index in [-0.39, 0.29) is 13.2 Å². The van der Waals surface area contributed by atoms with E-state index in [1.165, 1.54) is 32.4 Å². The lowest BCUT2D eigenvalue weighted by molar-refractivity contribution is 0.117. The van der Waals surface area contributed by atoms with Crippen molar-refractivity contribution in [1.82, 2.24) is 10.2 Å². The SMILES string of the molecule is CC(CNC(=O)OCCO)CN1CCCCC1. The predicted octanol–water partition coefficient (Wildman–Crippen LogP) is 0.827. The fourth-order valence-electron chi connectivity index (χ4n) is 2.09. The number of carbonyl (C=O) groups excluding carboxylic acids is 1. The van der Waals surface area contributed by atoms with Gasteiger partial charge in [-0.2, -0.15) is 0 Å². The van der Waals surface area contributed by atoms with Crippen LogP contribution in [-0.2, 0) is 4.74 Å². The molecule has 0 saturated carbocycles. The van der Waals surface area contributed by atoms with Crippen LogP contribution >= 0.6 is 0 Å². The molecule has 1 unspecified atom stereocenters. The summed E-state index contributed by atoms with van der Waals surface area (Å²) in [6, 6.07) is 0. The Hall–Kier alpha value is -0.810. The monoisotopic (exact) mass is 244 g/mol. The Kier molecular flexibility index (Phi) is 6.96. The van der Waals surface area contributed by atoms with Gasteiger partial charge in [-0.25, -0.2) is 4.79 Å². The fraction of sp³-hybridized carbons (Fsp3) is 0.917. The molecule has 0 aromatic heterocycles. The minimum absolute atomic E-state index is 0.0618. The molecule has 0 aromatic carbocycles. The third-order valence-corrected chi connectivity index (χ3v) is 2.94. The summed E-state index contributed by atoms with van der Waals surface area (Å²) in [5, 5.41) is 11.2. The Morgan fingerprint density at radius 3 is 2.76 bits per heavy atom. The van der Waals surface area contributed by atoms with Gasteiger partial charge in [0.15, 0.2) is 0 Å². The Labute approximate surface area is 103 Å². The van der Waals surface area contributed by atoms with Gasteiger partial charge in [-0.3, -0.25) is 0 Å². The lowest BCUT2D eigenvalue weighted by Crippen LogP contribution is -2.38. The average Bonchev–Trinajstić information content (AvgIpc) is 2.35. The number of ether oxygens (including phenoxy) is 1. The van der Waals surface area contributed by atoms with E-state index in [0.717, 1.165) is 6.54 Å². The standard InChI is InChI=1S/C12H24N2O3/c1-11(9-13-12(16)17-8-7-15)10-14-5-3-2-4-6-14/h11,15H,2-10H2,1H3,(H,13,16). The molecule has 0 radical (unpaired) electrons. The zero-order valence-corrected chi connectivity index (χ0v) is 10.7. The van der Waals surface area contributed by atoms with Crippen LogP contribution < -0.4 is 5.32 Å². The van der Waals surface area contributed by atoms with E-state index in [1.54, 1.807) is 0 Å². The molecule has 0 aliphatic carbocycles. The van der Waals surface area contributed by atoms with Gasteiger partial charge in [-0.05, 0) is 31.8 Å². The number of nitrogens with zero attached hydrogens (tertiary/aromatic N) is 1. The van der Waals surface area contributed by atoms with Crippen molar-refractivity contribution in [3.63, 3.8) is 0 Å². The Morgan fingerprint density at radius 1 is 1.41 bits per heavy atom. The number of hydrogen-bond acceptors (Lipinski definition) is 4. The van der Waals surface area contributed by atoms with Crippen LogP contribution in [0.5, 0.6) is 0 Å². The molecule has 1 heterocycles. The smallest absolute Gasteiger partial charge is 0.407 e. The largest absolute Gasteiger partial charge is 0.447 e. The molecular formula is C12H24N2O3. The van der Waals surface area contributed by atoms with Crippen molar-refractivity contribution in [2.75, 3.05) is 39.4 Å². The molecule has 5 heteroatoms. The van der Waals surface area contributed by atoms with E-state index in [9.17, 15) is 4.79 Å². The first kappa shape index (κ1) is 14.3. The molecule has 1 rings (SSSR count). The summed E-state index contributed by atoms with van der Waals surface area (Å²) in [6.07, 6.45) is 3.48. The molecule has 1 amide bonds. The van der Waals surface area contributed by atoms with E-state index in [2.05, 4.69) is 17.1 Å². The highest BCUT2D eigenvalue weighted by Crippen LogP contribution is 2.10. The normalized spacial score (nSPS) is 18.7. The topological polar surface area (TPSA) is 61.8 Å². The average molecular weight is 244 g/mol. The van der Waals surface area contributed by atoms with Crippen LogP contribution in [0.1, 0.15) is 26.2 Å². The second-order valence-electron chi connectivity index (χ2n) is 4.71. The Balaban J connectivity index is 2.07.